The van der Waals surface area contributed by atoms with Gasteiger partial charge in [-0.1, -0.05) is 29.5 Å². The van der Waals surface area contributed by atoms with E-state index in [0.717, 1.165) is 33.3 Å². The third-order valence-electron chi connectivity index (χ3n) is 4.42. The number of aryl methyl sites for hydroxylation is 1. The maximum atomic E-state index is 12.3. The van der Waals surface area contributed by atoms with E-state index in [9.17, 15) is 4.79 Å². The van der Waals surface area contributed by atoms with Gasteiger partial charge in [-0.15, -0.1) is 16.4 Å². The van der Waals surface area contributed by atoms with E-state index in [4.69, 9.17) is 4.74 Å². The van der Waals surface area contributed by atoms with E-state index in [1.165, 1.54) is 23.1 Å². The molecule has 7 nitrogen and oxygen atoms in total. The number of rotatable bonds is 8. The second-order valence-electron chi connectivity index (χ2n) is 6.81. The Morgan fingerprint density at radius 2 is 1.90 bits per heavy atom. The van der Waals surface area contributed by atoms with Crippen molar-refractivity contribution < 1.29 is 9.53 Å². The van der Waals surface area contributed by atoms with Crippen molar-refractivity contribution in [2.75, 3.05) is 12.4 Å². The number of benzene rings is 2. The molecule has 0 bridgehead atoms. The molecule has 0 aliphatic carbocycles. The Hall–Kier alpha value is -3.17. The van der Waals surface area contributed by atoms with Crippen molar-refractivity contribution in [3.05, 3.63) is 70.2 Å². The standard InChI is InChI=1S/C22H21N5O2S2/c1-14-3-7-16(8-4-14)23-19(28)11-20-24-17(12-30-20)13-31-22-25-21(26-27-22)15-5-9-18(29-2)10-6-15/h3-10,12H,11,13H2,1-2H3,(H,23,28)(H,25,26,27). The number of aromatic amines is 1. The van der Waals surface area contributed by atoms with Crippen LogP contribution in [0.5, 0.6) is 5.75 Å². The van der Waals surface area contributed by atoms with Crippen molar-refractivity contribution in [1.82, 2.24) is 20.2 Å². The number of thiazole rings is 1. The largest absolute Gasteiger partial charge is 0.497 e. The Kier molecular flexibility index (Phi) is 6.63. The predicted octanol–water partition coefficient (Wildman–Crippen LogP) is 4.72. The van der Waals surface area contributed by atoms with Crippen LogP contribution in [0.25, 0.3) is 11.4 Å². The van der Waals surface area contributed by atoms with Crippen LogP contribution in [0, 0.1) is 6.92 Å². The fourth-order valence-corrected chi connectivity index (χ4v) is 4.39. The van der Waals surface area contributed by atoms with Crippen molar-refractivity contribution in [2.45, 2.75) is 24.3 Å². The van der Waals surface area contributed by atoms with Gasteiger partial charge in [0.2, 0.25) is 11.1 Å². The number of thioether (sulfide) groups is 1. The van der Waals surface area contributed by atoms with Gasteiger partial charge in [-0.05, 0) is 43.3 Å². The highest BCUT2D eigenvalue weighted by Crippen LogP contribution is 2.24. The lowest BCUT2D eigenvalue weighted by molar-refractivity contribution is -0.115. The first-order valence-corrected chi connectivity index (χ1v) is 11.4. The first kappa shape index (κ1) is 21.1. The number of hydrogen-bond acceptors (Lipinski definition) is 7. The van der Waals surface area contributed by atoms with Crippen molar-refractivity contribution in [3.63, 3.8) is 0 Å². The van der Waals surface area contributed by atoms with Crippen LogP contribution in [0.1, 0.15) is 16.3 Å². The second kappa shape index (κ2) is 9.76. The topological polar surface area (TPSA) is 92.8 Å². The van der Waals surface area contributed by atoms with E-state index in [1.807, 2.05) is 60.8 Å². The van der Waals surface area contributed by atoms with Crippen molar-refractivity contribution in [1.29, 1.82) is 0 Å². The summed E-state index contributed by atoms with van der Waals surface area (Å²) in [5.41, 5.74) is 3.79. The van der Waals surface area contributed by atoms with Crippen LogP contribution < -0.4 is 10.1 Å². The Labute approximate surface area is 188 Å². The van der Waals surface area contributed by atoms with Crippen LogP contribution in [-0.2, 0) is 17.0 Å². The lowest BCUT2D eigenvalue weighted by atomic mass is 10.2. The molecule has 0 aliphatic heterocycles. The van der Waals surface area contributed by atoms with Crippen molar-refractivity contribution in [2.24, 2.45) is 0 Å². The minimum atomic E-state index is -0.0736. The summed E-state index contributed by atoms with van der Waals surface area (Å²) in [5.74, 6) is 2.06. The average molecular weight is 452 g/mol. The summed E-state index contributed by atoms with van der Waals surface area (Å²) >= 11 is 2.98. The normalized spacial score (nSPS) is 10.8. The van der Waals surface area contributed by atoms with E-state index in [-0.39, 0.29) is 12.3 Å². The molecule has 2 aromatic carbocycles. The summed E-state index contributed by atoms with van der Waals surface area (Å²) in [6.07, 6.45) is 0.255. The number of nitrogens with one attached hydrogen (secondary N) is 2. The third-order valence-corrected chi connectivity index (χ3v) is 6.20. The van der Waals surface area contributed by atoms with Gasteiger partial charge in [0, 0.05) is 22.4 Å². The molecule has 9 heteroatoms. The molecule has 1 amide bonds. The fraction of sp³-hybridized carbons (Fsp3) is 0.182. The molecule has 0 aliphatic rings. The molecule has 4 aromatic rings. The highest BCUT2D eigenvalue weighted by atomic mass is 32.2. The molecule has 2 heterocycles. The number of hydrogen-bond donors (Lipinski definition) is 2. The molecular weight excluding hydrogens is 430 g/mol. The predicted molar refractivity (Wildman–Crippen MR) is 124 cm³/mol. The molecule has 2 N–H and O–H groups in total. The zero-order valence-corrected chi connectivity index (χ0v) is 18.7. The molecule has 0 atom stereocenters. The fourth-order valence-electron chi connectivity index (χ4n) is 2.80. The highest BCUT2D eigenvalue weighted by molar-refractivity contribution is 7.98. The van der Waals surface area contributed by atoms with Gasteiger partial charge in [-0.25, -0.2) is 9.97 Å². The third kappa shape index (κ3) is 5.71. The molecule has 0 saturated heterocycles. The number of nitrogens with zero attached hydrogens (tertiary/aromatic N) is 3. The van der Waals surface area contributed by atoms with Crippen LogP contribution in [-0.4, -0.2) is 33.2 Å². The molecule has 0 spiro atoms. The number of H-pyrrole nitrogens is 1. The van der Waals surface area contributed by atoms with Gasteiger partial charge >= 0.3 is 0 Å². The van der Waals surface area contributed by atoms with Crippen molar-refractivity contribution in [3.8, 4) is 17.1 Å². The molecule has 0 radical (unpaired) electrons. The quantitative estimate of drug-likeness (QED) is 0.377. The molecule has 2 aromatic heterocycles. The van der Waals surface area contributed by atoms with Gasteiger partial charge in [0.1, 0.15) is 10.8 Å². The number of methoxy groups -OCH3 is 1. The van der Waals surface area contributed by atoms with Gasteiger partial charge in [-0.3, -0.25) is 9.89 Å². The summed E-state index contributed by atoms with van der Waals surface area (Å²) in [7, 11) is 1.64. The number of carbonyl (C=O) groups excluding carboxylic acids is 1. The molecule has 0 saturated carbocycles. The zero-order chi connectivity index (χ0) is 21.6. The highest BCUT2D eigenvalue weighted by Gasteiger charge is 2.11. The maximum absolute atomic E-state index is 12.3. The summed E-state index contributed by atoms with van der Waals surface area (Å²) in [4.78, 5) is 21.3. The number of carbonyl (C=O) groups is 1. The van der Waals surface area contributed by atoms with Crippen LogP contribution >= 0.6 is 23.1 Å². The molecule has 4 rings (SSSR count). The Morgan fingerprint density at radius 3 is 2.65 bits per heavy atom. The lowest BCUT2D eigenvalue weighted by Crippen LogP contribution is -2.14. The van der Waals surface area contributed by atoms with Gasteiger partial charge in [0.05, 0.1) is 19.2 Å². The average Bonchev–Trinajstić information content (AvgIpc) is 3.43. The summed E-state index contributed by atoms with van der Waals surface area (Å²) in [6.45, 7) is 2.01. The molecular formula is C22H21N5O2S2. The Balaban J connectivity index is 1.29. The molecule has 31 heavy (non-hydrogen) atoms. The number of amides is 1. The van der Waals surface area contributed by atoms with Gasteiger partial charge in [0.25, 0.3) is 0 Å². The van der Waals surface area contributed by atoms with Crippen LogP contribution in [0.15, 0.2) is 59.1 Å². The van der Waals surface area contributed by atoms with E-state index in [2.05, 4.69) is 25.5 Å². The van der Waals surface area contributed by atoms with Gasteiger partial charge in [0.15, 0.2) is 5.82 Å². The van der Waals surface area contributed by atoms with E-state index >= 15 is 0 Å². The molecule has 0 fully saturated rings. The molecule has 0 unspecified atom stereocenters. The van der Waals surface area contributed by atoms with E-state index in [0.29, 0.717) is 16.7 Å². The zero-order valence-electron chi connectivity index (χ0n) is 17.1. The van der Waals surface area contributed by atoms with E-state index < -0.39 is 0 Å². The van der Waals surface area contributed by atoms with Crippen LogP contribution in [0.3, 0.4) is 0 Å². The summed E-state index contributed by atoms with van der Waals surface area (Å²) in [5, 5.41) is 13.5. The van der Waals surface area contributed by atoms with Gasteiger partial charge < -0.3 is 10.1 Å². The number of anilines is 1. The maximum Gasteiger partial charge on any atom is 0.231 e. The smallest absolute Gasteiger partial charge is 0.231 e. The van der Waals surface area contributed by atoms with Gasteiger partial charge in [-0.2, -0.15) is 0 Å². The minimum Gasteiger partial charge on any atom is -0.497 e. The first-order valence-electron chi connectivity index (χ1n) is 9.58. The summed E-state index contributed by atoms with van der Waals surface area (Å²) in [6, 6.07) is 15.4. The Bertz CT molecular complexity index is 1150. The molecule has 158 valence electrons. The van der Waals surface area contributed by atoms with E-state index in [1.54, 1.807) is 7.11 Å². The van der Waals surface area contributed by atoms with Crippen LogP contribution in [0.2, 0.25) is 0 Å². The number of aromatic nitrogens is 4. The van der Waals surface area contributed by atoms with Crippen LogP contribution in [0.4, 0.5) is 5.69 Å². The monoisotopic (exact) mass is 451 g/mol. The summed E-state index contributed by atoms with van der Waals surface area (Å²) < 4.78 is 5.18. The second-order valence-corrected chi connectivity index (χ2v) is 8.69. The minimum absolute atomic E-state index is 0.0736. The number of ether oxygens (including phenoxy) is 1. The van der Waals surface area contributed by atoms with Crippen molar-refractivity contribution >= 4 is 34.7 Å². The Morgan fingerprint density at radius 1 is 1.13 bits per heavy atom. The lowest BCUT2D eigenvalue weighted by Gasteiger charge is -2.04. The SMILES string of the molecule is COc1ccc(-c2nc(SCc3csc(CC(=O)Nc4ccc(C)cc4)n3)n[nH]2)cc1. The first-order chi connectivity index (χ1) is 15.1.